The Morgan fingerprint density at radius 2 is 1.15 bits per heavy atom. The first-order chi connectivity index (χ1) is 23.4. The predicted octanol–water partition coefficient (Wildman–Crippen LogP) is 6.42. The molecule has 4 aromatic rings. The van der Waals surface area contributed by atoms with Crippen LogP contribution in [0.25, 0.3) is 0 Å². The molecule has 4 atom stereocenters. The minimum atomic E-state index is -1.54. The van der Waals surface area contributed by atoms with Gasteiger partial charge >= 0.3 is 23.9 Å². The summed E-state index contributed by atoms with van der Waals surface area (Å²) >= 11 is 0. The molecule has 1 fully saturated rings. The molecule has 0 N–H and O–H groups in total. The first-order valence-electron chi connectivity index (χ1n) is 15.6. The van der Waals surface area contributed by atoms with Crippen molar-refractivity contribution in [3.8, 4) is 11.8 Å². The second-order valence-corrected chi connectivity index (χ2v) is 10.8. The zero-order valence-corrected chi connectivity index (χ0v) is 26.3. The van der Waals surface area contributed by atoms with Gasteiger partial charge in [0.25, 0.3) is 0 Å². The van der Waals surface area contributed by atoms with E-state index in [0.717, 1.165) is 12.8 Å². The van der Waals surface area contributed by atoms with E-state index in [1.807, 2.05) is 0 Å². The Morgan fingerprint density at radius 3 is 1.73 bits per heavy atom. The van der Waals surface area contributed by atoms with Crippen LogP contribution in [-0.4, -0.2) is 55.1 Å². The molecule has 0 amide bonds. The van der Waals surface area contributed by atoms with Gasteiger partial charge < -0.3 is 23.7 Å². The largest absolute Gasteiger partial charge is 0.459 e. The third kappa shape index (κ3) is 8.75. The van der Waals surface area contributed by atoms with E-state index in [9.17, 15) is 19.2 Å². The Balaban J connectivity index is 1.45. The van der Waals surface area contributed by atoms with E-state index in [1.54, 1.807) is 115 Å². The van der Waals surface area contributed by atoms with Gasteiger partial charge in [-0.3, -0.25) is 0 Å². The molecule has 0 saturated carbocycles. The number of carbonyl (C=O) groups excluding carboxylic acids is 4. The summed E-state index contributed by atoms with van der Waals surface area (Å²) in [7, 11) is 0. The Morgan fingerprint density at radius 1 is 0.625 bits per heavy atom. The van der Waals surface area contributed by atoms with Crippen LogP contribution in [0.2, 0.25) is 0 Å². The summed E-state index contributed by atoms with van der Waals surface area (Å²) in [5, 5.41) is 0. The van der Waals surface area contributed by atoms with Crippen molar-refractivity contribution >= 4 is 23.9 Å². The number of hydrogen-bond donors (Lipinski definition) is 0. The summed E-state index contributed by atoms with van der Waals surface area (Å²) in [4.78, 5) is 53.1. The molecule has 9 heteroatoms. The highest BCUT2D eigenvalue weighted by Gasteiger charge is 2.52. The number of hydrogen-bond acceptors (Lipinski definition) is 9. The number of rotatable bonds is 11. The minimum Gasteiger partial charge on any atom is -0.459 e. The second kappa shape index (κ2) is 16.7. The van der Waals surface area contributed by atoms with Gasteiger partial charge in [0.15, 0.2) is 6.10 Å². The molecule has 0 unspecified atom stereocenters. The Hall–Kier alpha value is -5.72. The van der Waals surface area contributed by atoms with Gasteiger partial charge in [-0.15, -0.1) is 0 Å². The highest BCUT2D eigenvalue weighted by Crippen LogP contribution is 2.31. The maximum absolute atomic E-state index is 13.6. The maximum Gasteiger partial charge on any atom is 0.341 e. The first-order valence-corrected chi connectivity index (χ1v) is 15.6. The van der Waals surface area contributed by atoms with E-state index >= 15 is 0 Å². The van der Waals surface area contributed by atoms with Crippen LogP contribution < -0.4 is 0 Å². The Kier molecular flexibility index (Phi) is 11.7. The average Bonchev–Trinajstić information content (AvgIpc) is 3.44. The van der Waals surface area contributed by atoms with Crippen LogP contribution >= 0.6 is 0 Å². The van der Waals surface area contributed by atoms with Crippen LogP contribution in [0, 0.1) is 11.8 Å². The quantitative estimate of drug-likeness (QED) is 0.0788. The number of benzene rings is 4. The van der Waals surface area contributed by atoms with Crippen molar-refractivity contribution in [2.75, 3.05) is 6.61 Å². The van der Waals surface area contributed by atoms with Crippen molar-refractivity contribution in [3.63, 3.8) is 0 Å². The van der Waals surface area contributed by atoms with E-state index in [0.29, 0.717) is 17.5 Å². The molecular formula is C39H34O9. The molecule has 0 radical (unpaired) electrons. The minimum absolute atomic E-state index is 0.176. The van der Waals surface area contributed by atoms with Gasteiger partial charge in [0.1, 0.15) is 12.7 Å². The van der Waals surface area contributed by atoms with Crippen molar-refractivity contribution in [2.45, 2.75) is 50.8 Å². The van der Waals surface area contributed by atoms with Gasteiger partial charge in [0, 0.05) is 12.0 Å². The summed E-state index contributed by atoms with van der Waals surface area (Å²) in [6.45, 7) is 1.66. The van der Waals surface area contributed by atoms with Crippen LogP contribution in [0.5, 0.6) is 0 Å². The summed E-state index contributed by atoms with van der Waals surface area (Å²) in [5.74, 6) is 3.14. The number of carbonyl (C=O) groups is 4. The van der Waals surface area contributed by atoms with Crippen molar-refractivity contribution in [1.29, 1.82) is 0 Å². The second-order valence-electron chi connectivity index (χ2n) is 10.8. The van der Waals surface area contributed by atoms with Crippen LogP contribution in [0.3, 0.4) is 0 Å². The normalized spacial score (nSPS) is 18.1. The topological polar surface area (TPSA) is 114 Å². The van der Waals surface area contributed by atoms with Crippen molar-refractivity contribution in [1.82, 2.24) is 0 Å². The Labute approximate surface area is 278 Å². The summed E-state index contributed by atoms with van der Waals surface area (Å²) in [6.07, 6.45) is -2.92. The Bertz CT molecular complexity index is 1760. The molecule has 0 aromatic heterocycles. The van der Waals surface area contributed by atoms with Crippen LogP contribution in [0.15, 0.2) is 115 Å². The molecule has 1 heterocycles. The fraction of sp³-hybridized carbons (Fsp3) is 0.231. The first kappa shape index (κ1) is 33.6. The molecule has 48 heavy (non-hydrogen) atoms. The van der Waals surface area contributed by atoms with Gasteiger partial charge in [-0.2, -0.15) is 0 Å². The average molecular weight is 647 g/mol. The summed E-state index contributed by atoms with van der Waals surface area (Å²) in [6, 6.07) is 31.4. The van der Waals surface area contributed by atoms with E-state index in [2.05, 4.69) is 18.8 Å². The number of ether oxygens (including phenoxy) is 5. The van der Waals surface area contributed by atoms with Gasteiger partial charge in [-0.05, 0) is 55.0 Å². The van der Waals surface area contributed by atoms with E-state index in [1.165, 1.54) is 0 Å². The van der Waals surface area contributed by atoms with Crippen LogP contribution in [0.1, 0.15) is 73.2 Å². The number of esters is 4. The van der Waals surface area contributed by atoms with Crippen molar-refractivity contribution in [2.24, 2.45) is 0 Å². The predicted molar refractivity (Wildman–Crippen MR) is 175 cm³/mol. The molecule has 244 valence electrons. The molecule has 4 aromatic carbocycles. The van der Waals surface area contributed by atoms with Gasteiger partial charge in [0.2, 0.25) is 12.4 Å². The maximum atomic E-state index is 13.6. The lowest BCUT2D eigenvalue weighted by molar-refractivity contribution is -0.141. The highest BCUT2D eigenvalue weighted by atomic mass is 16.8. The molecule has 1 aliphatic heterocycles. The molecule has 1 aliphatic rings. The lowest BCUT2D eigenvalue weighted by atomic mass is 10.1. The molecule has 0 bridgehead atoms. The van der Waals surface area contributed by atoms with Gasteiger partial charge in [-0.25, -0.2) is 19.2 Å². The standard InChI is InChI=1S/C39H34O9/c1-2-3-4-8-17-27-18-15-16-25-31(27)38(43)48-39-34(47-37(42)30-23-13-7-14-24-30)33(46-36(41)29-21-11-6-12-22-29)32(45-39)26-44-35(40)28-19-9-5-10-20-28/h5-7,9-16,18-25,32-34,39H,2-4,26H2,1H3/t32-,33-,34-,39+/m1/s1. The van der Waals surface area contributed by atoms with E-state index in [-0.39, 0.29) is 16.7 Å². The van der Waals surface area contributed by atoms with Crippen molar-refractivity contribution in [3.05, 3.63) is 143 Å². The monoisotopic (exact) mass is 646 g/mol. The van der Waals surface area contributed by atoms with Gasteiger partial charge in [0.05, 0.1) is 22.3 Å². The van der Waals surface area contributed by atoms with E-state index in [4.69, 9.17) is 23.7 Å². The molecule has 9 nitrogen and oxygen atoms in total. The molecule has 0 aliphatic carbocycles. The fourth-order valence-corrected chi connectivity index (χ4v) is 4.90. The molecular weight excluding hydrogens is 612 g/mol. The summed E-state index contributed by atoms with van der Waals surface area (Å²) in [5.41, 5.74) is 1.36. The zero-order valence-electron chi connectivity index (χ0n) is 26.3. The molecule has 5 rings (SSSR count). The molecule has 1 saturated heterocycles. The van der Waals surface area contributed by atoms with Crippen LogP contribution in [0.4, 0.5) is 0 Å². The van der Waals surface area contributed by atoms with Gasteiger partial charge in [-0.1, -0.05) is 91.9 Å². The number of unbranched alkanes of at least 4 members (excludes halogenated alkanes) is 2. The smallest absolute Gasteiger partial charge is 0.341 e. The zero-order chi connectivity index (χ0) is 33.7. The molecule has 0 spiro atoms. The lowest BCUT2D eigenvalue weighted by Crippen LogP contribution is -2.43. The van der Waals surface area contributed by atoms with E-state index < -0.39 is 55.1 Å². The SMILES string of the molecule is CCCCC#Cc1ccccc1C(=O)O[C@@H]1O[C@H](COC(=O)c2ccccc2)[C@@H](OC(=O)c2ccccc2)[C@H]1OC(=O)c1ccccc1. The summed E-state index contributed by atoms with van der Waals surface area (Å²) < 4.78 is 29.2. The van der Waals surface area contributed by atoms with Crippen LogP contribution in [-0.2, 0) is 23.7 Å². The lowest BCUT2D eigenvalue weighted by Gasteiger charge is -2.24. The third-order valence-corrected chi connectivity index (χ3v) is 7.41. The van der Waals surface area contributed by atoms with Crippen molar-refractivity contribution < 1.29 is 42.9 Å². The third-order valence-electron chi connectivity index (χ3n) is 7.41. The highest BCUT2D eigenvalue weighted by molar-refractivity contribution is 5.93. The fourth-order valence-electron chi connectivity index (χ4n) is 4.90.